The van der Waals surface area contributed by atoms with Crippen molar-refractivity contribution in [3.63, 3.8) is 0 Å². The molecule has 4 nitrogen and oxygen atoms in total. The minimum atomic E-state index is -0.257. The summed E-state index contributed by atoms with van der Waals surface area (Å²) in [6, 6.07) is 7.06. The van der Waals surface area contributed by atoms with E-state index in [9.17, 15) is 4.79 Å². The van der Waals surface area contributed by atoms with Gasteiger partial charge >= 0.3 is 0 Å². The van der Waals surface area contributed by atoms with Gasteiger partial charge in [-0.05, 0) is 18.2 Å². The molecule has 0 aliphatic heterocycles. The van der Waals surface area contributed by atoms with Crippen LogP contribution >= 0.6 is 0 Å². The SMILES string of the molecule is C=CC(=O)Nc1cccc(OCCCO)c1. The Labute approximate surface area is 94.6 Å². The number of rotatable bonds is 6. The molecule has 0 bridgehead atoms. The summed E-state index contributed by atoms with van der Waals surface area (Å²) in [5, 5.41) is 11.2. The molecule has 0 saturated carbocycles. The molecule has 86 valence electrons. The van der Waals surface area contributed by atoms with Gasteiger partial charge < -0.3 is 15.2 Å². The average molecular weight is 221 g/mol. The number of carbonyl (C=O) groups is 1. The number of amides is 1. The molecule has 1 rings (SSSR count). The zero-order valence-electron chi connectivity index (χ0n) is 8.98. The van der Waals surface area contributed by atoms with Crippen molar-refractivity contribution in [2.45, 2.75) is 6.42 Å². The Morgan fingerprint density at radius 3 is 3.06 bits per heavy atom. The van der Waals surface area contributed by atoms with Crippen molar-refractivity contribution in [3.05, 3.63) is 36.9 Å². The van der Waals surface area contributed by atoms with E-state index in [1.165, 1.54) is 6.08 Å². The van der Waals surface area contributed by atoms with Gasteiger partial charge in [0.05, 0.1) is 6.61 Å². The van der Waals surface area contributed by atoms with Crippen LogP contribution in [0.5, 0.6) is 5.75 Å². The third-order valence-corrected chi connectivity index (χ3v) is 1.86. The molecule has 0 atom stereocenters. The maximum Gasteiger partial charge on any atom is 0.247 e. The van der Waals surface area contributed by atoms with Crippen LogP contribution in [-0.2, 0) is 4.79 Å². The van der Waals surface area contributed by atoms with Crippen LogP contribution in [0.4, 0.5) is 5.69 Å². The summed E-state index contributed by atoms with van der Waals surface area (Å²) in [5.74, 6) is 0.405. The molecule has 0 heterocycles. The number of aliphatic hydroxyl groups excluding tert-OH is 1. The van der Waals surface area contributed by atoms with Crippen LogP contribution in [0, 0.1) is 0 Å². The summed E-state index contributed by atoms with van der Waals surface area (Å²) in [7, 11) is 0. The van der Waals surface area contributed by atoms with Crippen molar-refractivity contribution in [1.29, 1.82) is 0 Å². The van der Waals surface area contributed by atoms with Crippen molar-refractivity contribution in [1.82, 2.24) is 0 Å². The highest BCUT2D eigenvalue weighted by molar-refractivity contribution is 5.98. The third kappa shape index (κ3) is 4.14. The van der Waals surface area contributed by atoms with Gasteiger partial charge in [0.2, 0.25) is 5.91 Å². The molecule has 0 saturated heterocycles. The average Bonchev–Trinajstić information content (AvgIpc) is 2.30. The van der Waals surface area contributed by atoms with E-state index in [4.69, 9.17) is 9.84 Å². The summed E-state index contributed by atoms with van der Waals surface area (Å²) in [4.78, 5) is 11.0. The molecule has 0 fully saturated rings. The summed E-state index contributed by atoms with van der Waals surface area (Å²) in [6.07, 6.45) is 1.79. The molecule has 0 unspecified atom stereocenters. The van der Waals surface area contributed by atoms with Gasteiger partial charge in [0.1, 0.15) is 5.75 Å². The van der Waals surface area contributed by atoms with Crippen molar-refractivity contribution >= 4 is 11.6 Å². The molecule has 0 radical (unpaired) electrons. The fourth-order valence-electron chi connectivity index (χ4n) is 1.11. The predicted octanol–water partition coefficient (Wildman–Crippen LogP) is 1.57. The molecule has 2 N–H and O–H groups in total. The third-order valence-electron chi connectivity index (χ3n) is 1.86. The minimum absolute atomic E-state index is 0.104. The molecule has 4 heteroatoms. The number of ether oxygens (including phenoxy) is 1. The lowest BCUT2D eigenvalue weighted by atomic mass is 10.3. The Bertz CT molecular complexity index is 363. The molecule has 0 spiro atoms. The van der Waals surface area contributed by atoms with Crippen LogP contribution in [0.2, 0.25) is 0 Å². The van der Waals surface area contributed by atoms with E-state index in [1.54, 1.807) is 24.3 Å². The van der Waals surface area contributed by atoms with Gasteiger partial charge in [-0.1, -0.05) is 12.6 Å². The van der Waals surface area contributed by atoms with E-state index >= 15 is 0 Å². The van der Waals surface area contributed by atoms with E-state index < -0.39 is 0 Å². The minimum Gasteiger partial charge on any atom is -0.493 e. The fraction of sp³-hybridized carbons (Fsp3) is 0.250. The van der Waals surface area contributed by atoms with Crippen molar-refractivity contribution in [3.8, 4) is 5.75 Å². The molecule has 16 heavy (non-hydrogen) atoms. The number of aliphatic hydroxyl groups is 1. The smallest absolute Gasteiger partial charge is 0.247 e. The Morgan fingerprint density at radius 2 is 2.38 bits per heavy atom. The summed E-state index contributed by atoms with van der Waals surface area (Å²) in [6.45, 7) is 3.93. The highest BCUT2D eigenvalue weighted by atomic mass is 16.5. The highest BCUT2D eigenvalue weighted by Crippen LogP contribution is 2.17. The van der Waals surface area contributed by atoms with E-state index in [0.717, 1.165) is 0 Å². The van der Waals surface area contributed by atoms with E-state index in [0.29, 0.717) is 24.5 Å². The van der Waals surface area contributed by atoms with Gasteiger partial charge in [0.25, 0.3) is 0 Å². The second-order valence-electron chi connectivity index (χ2n) is 3.15. The lowest BCUT2D eigenvalue weighted by molar-refractivity contribution is -0.111. The largest absolute Gasteiger partial charge is 0.493 e. The van der Waals surface area contributed by atoms with Gasteiger partial charge in [-0.25, -0.2) is 0 Å². The number of nitrogens with one attached hydrogen (secondary N) is 1. The van der Waals surface area contributed by atoms with Crippen LogP contribution in [0.25, 0.3) is 0 Å². The van der Waals surface area contributed by atoms with Crippen LogP contribution < -0.4 is 10.1 Å². The summed E-state index contributed by atoms with van der Waals surface area (Å²) >= 11 is 0. The maximum absolute atomic E-state index is 11.0. The first-order valence-electron chi connectivity index (χ1n) is 5.03. The van der Waals surface area contributed by atoms with Crippen LogP contribution in [0.3, 0.4) is 0 Å². The van der Waals surface area contributed by atoms with Crippen LogP contribution in [0.1, 0.15) is 6.42 Å². The lowest BCUT2D eigenvalue weighted by Gasteiger charge is -2.07. The van der Waals surface area contributed by atoms with Gasteiger partial charge in [-0.2, -0.15) is 0 Å². The van der Waals surface area contributed by atoms with Gasteiger partial charge in [-0.15, -0.1) is 0 Å². The van der Waals surface area contributed by atoms with Gasteiger partial charge in [0, 0.05) is 24.8 Å². The predicted molar refractivity (Wildman–Crippen MR) is 62.5 cm³/mol. The molecule has 0 aliphatic carbocycles. The zero-order valence-corrected chi connectivity index (χ0v) is 8.98. The Morgan fingerprint density at radius 1 is 1.56 bits per heavy atom. The van der Waals surface area contributed by atoms with Gasteiger partial charge in [0.15, 0.2) is 0 Å². The van der Waals surface area contributed by atoms with Crippen LogP contribution in [-0.4, -0.2) is 24.2 Å². The Hall–Kier alpha value is -1.81. The lowest BCUT2D eigenvalue weighted by Crippen LogP contribution is -2.07. The number of hydrogen-bond donors (Lipinski definition) is 2. The normalized spacial score (nSPS) is 9.56. The first kappa shape index (κ1) is 12.3. The molecular formula is C12H15NO3. The van der Waals surface area contributed by atoms with Crippen molar-refractivity contribution < 1.29 is 14.6 Å². The molecule has 0 aliphatic rings. The quantitative estimate of drug-likeness (QED) is 0.566. The number of hydrogen-bond acceptors (Lipinski definition) is 3. The topological polar surface area (TPSA) is 58.6 Å². The second-order valence-corrected chi connectivity index (χ2v) is 3.15. The Balaban J connectivity index is 2.56. The maximum atomic E-state index is 11.0. The second kappa shape index (κ2) is 6.63. The first-order valence-corrected chi connectivity index (χ1v) is 5.03. The summed E-state index contributed by atoms with van der Waals surface area (Å²) < 4.78 is 5.37. The van der Waals surface area contributed by atoms with Crippen LogP contribution in [0.15, 0.2) is 36.9 Å². The molecule has 1 aromatic carbocycles. The van der Waals surface area contributed by atoms with Crippen molar-refractivity contribution in [2.75, 3.05) is 18.5 Å². The number of benzene rings is 1. The van der Waals surface area contributed by atoms with Crippen molar-refractivity contribution in [2.24, 2.45) is 0 Å². The number of carbonyl (C=O) groups excluding carboxylic acids is 1. The van der Waals surface area contributed by atoms with E-state index in [-0.39, 0.29) is 12.5 Å². The monoisotopic (exact) mass is 221 g/mol. The molecular weight excluding hydrogens is 206 g/mol. The molecule has 1 aromatic rings. The first-order chi connectivity index (χ1) is 7.76. The number of anilines is 1. The summed E-state index contributed by atoms with van der Waals surface area (Å²) in [5.41, 5.74) is 0.659. The standard InChI is InChI=1S/C12H15NO3/c1-2-12(15)13-10-5-3-6-11(9-10)16-8-4-7-14/h2-3,5-6,9,14H,1,4,7-8H2,(H,13,15). The molecule has 0 aromatic heterocycles. The molecule has 1 amide bonds. The zero-order chi connectivity index (χ0) is 11.8. The fourth-order valence-corrected chi connectivity index (χ4v) is 1.11. The Kier molecular flexibility index (Phi) is 5.08. The highest BCUT2D eigenvalue weighted by Gasteiger charge is 1.99. The van der Waals surface area contributed by atoms with E-state index in [1.807, 2.05) is 0 Å². The van der Waals surface area contributed by atoms with E-state index in [2.05, 4.69) is 11.9 Å². The van der Waals surface area contributed by atoms with Gasteiger partial charge in [-0.3, -0.25) is 4.79 Å².